The zero-order chi connectivity index (χ0) is 17.4. The van der Waals surface area contributed by atoms with E-state index >= 15 is 0 Å². The third-order valence-electron chi connectivity index (χ3n) is 3.07. The van der Waals surface area contributed by atoms with E-state index in [1.54, 1.807) is 19.2 Å². The zero-order valence-electron chi connectivity index (χ0n) is 12.9. The smallest absolute Gasteiger partial charge is 0.159 e. The SMILES string of the molecule is COc1cccc(CSC(Nc2ccc(F)cc2)=C(C#N)C#N)c1. The Hall–Kier alpha value is -2.96. The Morgan fingerprint density at radius 3 is 2.50 bits per heavy atom. The van der Waals surface area contributed by atoms with Crippen molar-refractivity contribution in [1.29, 1.82) is 10.5 Å². The van der Waals surface area contributed by atoms with E-state index in [9.17, 15) is 4.39 Å². The molecule has 0 aromatic heterocycles. The fourth-order valence-corrected chi connectivity index (χ4v) is 2.80. The summed E-state index contributed by atoms with van der Waals surface area (Å²) in [4.78, 5) is 0. The minimum absolute atomic E-state index is 0.0211. The summed E-state index contributed by atoms with van der Waals surface area (Å²) < 4.78 is 18.2. The molecular formula is C18H14FN3OS. The summed E-state index contributed by atoms with van der Waals surface area (Å²) in [6.07, 6.45) is 0. The van der Waals surface area contributed by atoms with Gasteiger partial charge in [-0.1, -0.05) is 12.1 Å². The van der Waals surface area contributed by atoms with E-state index in [1.165, 1.54) is 23.9 Å². The van der Waals surface area contributed by atoms with Crippen molar-refractivity contribution < 1.29 is 9.13 Å². The van der Waals surface area contributed by atoms with Gasteiger partial charge in [-0.3, -0.25) is 0 Å². The van der Waals surface area contributed by atoms with Gasteiger partial charge < -0.3 is 10.1 Å². The number of ether oxygens (including phenoxy) is 1. The maximum absolute atomic E-state index is 13.0. The van der Waals surface area contributed by atoms with E-state index in [-0.39, 0.29) is 11.4 Å². The van der Waals surface area contributed by atoms with Crippen LogP contribution < -0.4 is 10.1 Å². The van der Waals surface area contributed by atoms with Crippen LogP contribution in [-0.4, -0.2) is 7.11 Å². The lowest BCUT2D eigenvalue weighted by Gasteiger charge is -2.11. The van der Waals surface area contributed by atoms with Crippen molar-refractivity contribution in [2.24, 2.45) is 0 Å². The second-order valence-electron chi connectivity index (χ2n) is 4.70. The number of thioether (sulfide) groups is 1. The number of halogens is 1. The van der Waals surface area contributed by atoms with Crippen LogP contribution in [-0.2, 0) is 5.75 Å². The van der Waals surface area contributed by atoms with Crippen molar-refractivity contribution in [1.82, 2.24) is 0 Å². The highest BCUT2D eigenvalue weighted by Crippen LogP contribution is 2.27. The Bertz CT molecular complexity index is 803. The first-order valence-electron chi connectivity index (χ1n) is 6.99. The van der Waals surface area contributed by atoms with Gasteiger partial charge in [0.05, 0.1) is 7.11 Å². The van der Waals surface area contributed by atoms with Crippen molar-refractivity contribution in [3.63, 3.8) is 0 Å². The molecular weight excluding hydrogens is 325 g/mol. The maximum Gasteiger partial charge on any atom is 0.159 e. The predicted octanol–water partition coefficient (Wildman–Crippen LogP) is 4.44. The summed E-state index contributed by atoms with van der Waals surface area (Å²) in [6, 6.07) is 17.0. The second-order valence-corrected chi connectivity index (χ2v) is 5.69. The van der Waals surface area contributed by atoms with Gasteiger partial charge >= 0.3 is 0 Å². The minimum atomic E-state index is -0.351. The molecule has 2 aromatic carbocycles. The third kappa shape index (κ3) is 4.77. The lowest BCUT2D eigenvalue weighted by atomic mass is 10.2. The summed E-state index contributed by atoms with van der Waals surface area (Å²) in [5.41, 5.74) is 1.58. The molecule has 4 nitrogen and oxygen atoms in total. The molecule has 0 aliphatic rings. The first-order chi connectivity index (χ1) is 11.7. The number of hydrogen-bond donors (Lipinski definition) is 1. The fourth-order valence-electron chi connectivity index (χ4n) is 1.88. The molecule has 0 spiro atoms. The van der Waals surface area contributed by atoms with Crippen LogP contribution in [0.2, 0.25) is 0 Å². The van der Waals surface area contributed by atoms with Crippen LogP contribution in [0.5, 0.6) is 5.75 Å². The molecule has 2 rings (SSSR count). The molecule has 120 valence electrons. The van der Waals surface area contributed by atoms with E-state index in [4.69, 9.17) is 15.3 Å². The number of nitriles is 2. The summed E-state index contributed by atoms with van der Waals surface area (Å²) in [6.45, 7) is 0. The highest BCUT2D eigenvalue weighted by molar-refractivity contribution is 8.02. The Morgan fingerprint density at radius 2 is 1.88 bits per heavy atom. The van der Waals surface area contributed by atoms with E-state index < -0.39 is 0 Å². The third-order valence-corrected chi connectivity index (χ3v) is 4.14. The van der Waals surface area contributed by atoms with E-state index in [1.807, 2.05) is 36.4 Å². The molecule has 0 radical (unpaired) electrons. The summed E-state index contributed by atoms with van der Waals surface area (Å²) in [7, 11) is 1.59. The molecule has 0 bridgehead atoms. The standard InChI is InChI=1S/C18H14FN3OS/c1-23-17-4-2-3-13(9-17)12-24-18(14(10-20)11-21)22-16-7-5-15(19)6-8-16/h2-9,22H,12H2,1H3. The number of rotatable bonds is 6. The molecule has 0 aliphatic heterocycles. The average Bonchev–Trinajstić information content (AvgIpc) is 2.62. The fraction of sp³-hybridized carbons (Fsp3) is 0.111. The monoisotopic (exact) mass is 339 g/mol. The molecule has 0 heterocycles. The first kappa shape index (κ1) is 17.4. The topological polar surface area (TPSA) is 68.8 Å². The number of nitrogens with one attached hydrogen (secondary N) is 1. The number of benzene rings is 2. The van der Waals surface area contributed by atoms with E-state index in [0.717, 1.165) is 11.3 Å². The highest BCUT2D eigenvalue weighted by atomic mass is 32.2. The molecule has 6 heteroatoms. The Labute approximate surface area is 144 Å². The molecule has 0 saturated heterocycles. The van der Waals surface area contributed by atoms with Crippen molar-refractivity contribution in [3.05, 3.63) is 70.5 Å². The number of anilines is 1. The molecule has 0 atom stereocenters. The molecule has 0 saturated carbocycles. The van der Waals surface area contributed by atoms with Gasteiger partial charge in [0, 0.05) is 11.4 Å². The highest BCUT2D eigenvalue weighted by Gasteiger charge is 2.09. The maximum atomic E-state index is 13.0. The average molecular weight is 339 g/mol. The molecule has 2 aromatic rings. The lowest BCUT2D eigenvalue weighted by Crippen LogP contribution is -2.00. The van der Waals surface area contributed by atoms with Crippen LogP contribution in [0, 0.1) is 28.5 Å². The largest absolute Gasteiger partial charge is 0.497 e. The second kappa shape index (κ2) is 8.61. The quantitative estimate of drug-likeness (QED) is 0.788. The van der Waals surface area contributed by atoms with Gasteiger partial charge in [0.25, 0.3) is 0 Å². The van der Waals surface area contributed by atoms with Gasteiger partial charge in [-0.2, -0.15) is 10.5 Å². The molecule has 0 amide bonds. The van der Waals surface area contributed by atoms with E-state index in [2.05, 4.69) is 5.32 Å². The molecule has 0 fully saturated rings. The van der Waals surface area contributed by atoms with Crippen molar-refractivity contribution in [2.75, 3.05) is 12.4 Å². The Morgan fingerprint density at radius 1 is 1.17 bits per heavy atom. The van der Waals surface area contributed by atoms with E-state index in [0.29, 0.717) is 16.5 Å². The number of methoxy groups -OCH3 is 1. The predicted molar refractivity (Wildman–Crippen MR) is 92.6 cm³/mol. The summed E-state index contributed by atoms with van der Waals surface area (Å²) >= 11 is 1.32. The van der Waals surface area contributed by atoms with Crippen molar-refractivity contribution >= 4 is 17.4 Å². The van der Waals surface area contributed by atoms with Crippen LogP contribution >= 0.6 is 11.8 Å². The Balaban J connectivity index is 2.18. The van der Waals surface area contributed by atoms with Crippen molar-refractivity contribution in [3.8, 4) is 17.9 Å². The normalized spacial score (nSPS) is 9.50. The lowest BCUT2D eigenvalue weighted by molar-refractivity contribution is 0.414. The van der Waals surface area contributed by atoms with Gasteiger partial charge in [-0.05, 0) is 42.0 Å². The molecule has 0 unspecified atom stereocenters. The van der Waals surface area contributed by atoms with Crippen LogP contribution in [0.15, 0.2) is 59.1 Å². The summed E-state index contributed by atoms with van der Waals surface area (Å²) in [5, 5.41) is 21.7. The first-order valence-corrected chi connectivity index (χ1v) is 7.97. The molecule has 1 N–H and O–H groups in total. The number of hydrogen-bond acceptors (Lipinski definition) is 5. The molecule has 24 heavy (non-hydrogen) atoms. The van der Waals surface area contributed by atoms with Gasteiger partial charge in [0.1, 0.15) is 28.7 Å². The van der Waals surface area contributed by atoms with Crippen LogP contribution in [0.3, 0.4) is 0 Å². The van der Waals surface area contributed by atoms with Gasteiger partial charge in [0.2, 0.25) is 0 Å². The van der Waals surface area contributed by atoms with Crippen LogP contribution in [0.1, 0.15) is 5.56 Å². The van der Waals surface area contributed by atoms with Crippen molar-refractivity contribution in [2.45, 2.75) is 5.75 Å². The number of allylic oxidation sites excluding steroid dienone is 1. The minimum Gasteiger partial charge on any atom is -0.497 e. The number of nitrogens with zero attached hydrogens (tertiary/aromatic N) is 2. The molecule has 0 aliphatic carbocycles. The van der Waals surface area contributed by atoms with Gasteiger partial charge in [-0.25, -0.2) is 4.39 Å². The van der Waals surface area contributed by atoms with Crippen LogP contribution in [0.4, 0.5) is 10.1 Å². The van der Waals surface area contributed by atoms with Crippen LogP contribution in [0.25, 0.3) is 0 Å². The Kier molecular flexibility index (Phi) is 6.24. The van der Waals surface area contributed by atoms with Gasteiger partial charge in [-0.15, -0.1) is 11.8 Å². The zero-order valence-corrected chi connectivity index (χ0v) is 13.7. The summed E-state index contributed by atoms with van der Waals surface area (Å²) in [5.74, 6) is 0.940. The van der Waals surface area contributed by atoms with Gasteiger partial charge in [0.15, 0.2) is 5.57 Å².